The Labute approximate surface area is 138 Å². The smallest absolute Gasteiger partial charge is 0.308 e. The first-order valence-electron chi connectivity index (χ1n) is 7.02. The Morgan fingerprint density at radius 3 is 2.65 bits per heavy atom. The Kier molecular flexibility index (Phi) is 5.05. The van der Waals surface area contributed by atoms with Crippen LogP contribution in [0.25, 0.3) is 11.3 Å². The number of hydrogen-bond donors (Lipinski definition) is 1. The second-order valence-electron chi connectivity index (χ2n) is 5.37. The van der Waals surface area contributed by atoms with Crippen LogP contribution < -0.4 is 0 Å². The first-order chi connectivity index (χ1) is 10.8. The molecule has 1 heterocycles. The standard InChI is InChI=1S/C16H17ClN2O4/c1-9(16(21)22)8-19(3)15(20)13-10(2)23-18-14(13)11-6-4-5-7-12(11)17/h4-7,9H,8H2,1-3H3,(H,21,22)/t9-/m0/s1. The van der Waals surface area contributed by atoms with Crippen molar-refractivity contribution in [1.29, 1.82) is 0 Å². The molecule has 2 rings (SSSR count). The van der Waals surface area contributed by atoms with E-state index in [9.17, 15) is 9.59 Å². The minimum absolute atomic E-state index is 0.0841. The maximum absolute atomic E-state index is 12.7. The molecule has 1 atom stereocenters. The predicted octanol–water partition coefficient (Wildman–Crippen LogP) is 3.10. The van der Waals surface area contributed by atoms with Gasteiger partial charge < -0.3 is 14.5 Å². The molecule has 0 bridgehead atoms. The highest BCUT2D eigenvalue weighted by Gasteiger charge is 2.27. The third-order valence-corrected chi connectivity index (χ3v) is 3.85. The molecule has 0 radical (unpaired) electrons. The number of carboxylic acid groups (broad SMARTS) is 1. The van der Waals surface area contributed by atoms with Gasteiger partial charge in [0, 0.05) is 19.2 Å². The fraction of sp³-hybridized carbons (Fsp3) is 0.312. The zero-order valence-electron chi connectivity index (χ0n) is 13.0. The third-order valence-electron chi connectivity index (χ3n) is 3.52. The molecule has 1 amide bonds. The summed E-state index contributed by atoms with van der Waals surface area (Å²) in [5, 5.41) is 13.4. The highest BCUT2D eigenvalue weighted by Crippen LogP contribution is 2.31. The molecule has 0 fully saturated rings. The summed E-state index contributed by atoms with van der Waals surface area (Å²) in [6, 6.07) is 7.01. The average molecular weight is 337 g/mol. The number of aryl methyl sites for hydroxylation is 1. The van der Waals surface area contributed by atoms with Crippen LogP contribution in [0.15, 0.2) is 28.8 Å². The van der Waals surface area contributed by atoms with Crippen molar-refractivity contribution in [2.75, 3.05) is 13.6 Å². The fourth-order valence-electron chi connectivity index (χ4n) is 2.22. The summed E-state index contributed by atoms with van der Waals surface area (Å²) >= 11 is 6.17. The minimum atomic E-state index is -0.960. The molecule has 23 heavy (non-hydrogen) atoms. The molecule has 0 aliphatic rings. The van der Waals surface area contributed by atoms with Gasteiger partial charge in [-0.2, -0.15) is 0 Å². The Morgan fingerprint density at radius 1 is 1.39 bits per heavy atom. The van der Waals surface area contributed by atoms with E-state index >= 15 is 0 Å². The normalized spacial score (nSPS) is 12.0. The molecule has 0 unspecified atom stereocenters. The van der Waals surface area contributed by atoms with Crippen molar-refractivity contribution >= 4 is 23.5 Å². The lowest BCUT2D eigenvalue weighted by atomic mass is 10.0. The summed E-state index contributed by atoms with van der Waals surface area (Å²) in [6.07, 6.45) is 0. The van der Waals surface area contributed by atoms with E-state index in [1.807, 2.05) is 0 Å². The molecule has 2 aromatic rings. The van der Waals surface area contributed by atoms with Crippen LogP contribution in [0.2, 0.25) is 5.02 Å². The van der Waals surface area contributed by atoms with Crippen LogP contribution in [0.1, 0.15) is 23.0 Å². The number of carbonyl (C=O) groups excluding carboxylic acids is 1. The molecule has 1 N–H and O–H groups in total. The molecular formula is C16H17ClN2O4. The van der Waals surface area contributed by atoms with Crippen molar-refractivity contribution in [2.24, 2.45) is 5.92 Å². The summed E-state index contributed by atoms with van der Waals surface area (Å²) in [5.74, 6) is -1.63. The summed E-state index contributed by atoms with van der Waals surface area (Å²) in [4.78, 5) is 25.0. The molecule has 0 aliphatic carbocycles. The van der Waals surface area contributed by atoms with Gasteiger partial charge in [-0.05, 0) is 13.0 Å². The zero-order valence-corrected chi connectivity index (χ0v) is 13.8. The van der Waals surface area contributed by atoms with Crippen LogP contribution in [0.4, 0.5) is 0 Å². The molecule has 1 aromatic heterocycles. The number of aromatic nitrogens is 1. The lowest BCUT2D eigenvalue weighted by Crippen LogP contribution is -2.34. The van der Waals surface area contributed by atoms with E-state index in [1.54, 1.807) is 45.2 Å². The quantitative estimate of drug-likeness (QED) is 0.907. The second-order valence-corrected chi connectivity index (χ2v) is 5.77. The van der Waals surface area contributed by atoms with Gasteiger partial charge in [-0.1, -0.05) is 41.9 Å². The van der Waals surface area contributed by atoms with Crippen LogP contribution in [0.3, 0.4) is 0 Å². The van der Waals surface area contributed by atoms with Crippen molar-refractivity contribution in [2.45, 2.75) is 13.8 Å². The molecule has 7 heteroatoms. The molecule has 0 spiro atoms. The molecule has 0 saturated heterocycles. The Morgan fingerprint density at radius 2 is 2.04 bits per heavy atom. The Bertz CT molecular complexity index is 741. The van der Waals surface area contributed by atoms with Crippen molar-refractivity contribution in [3.8, 4) is 11.3 Å². The van der Waals surface area contributed by atoms with Gasteiger partial charge in [-0.15, -0.1) is 0 Å². The van der Waals surface area contributed by atoms with Gasteiger partial charge in [-0.25, -0.2) is 0 Å². The number of nitrogens with zero attached hydrogens (tertiary/aromatic N) is 2. The van der Waals surface area contributed by atoms with Crippen LogP contribution in [-0.4, -0.2) is 40.6 Å². The maximum Gasteiger partial charge on any atom is 0.308 e. The van der Waals surface area contributed by atoms with Crippen molar-refractivity contribution in [3.05, 3.63) is 40.6 Å². The summed E-state index contributed by atoms with van der Waals surface area (Å²) in [6.45, 7) is 3.26. The molecule has 122 valence electrons. The number of halogens is 1. The predicted molar refractivity (Wildman–Crippen MR) is 85.4 cm³/mol. The second kappa shape index (κ2) is 6.83. The average Bonchev–Trinajstić information content (AvgIpc) is 2.88. The van der Waals surface area contributed by atoms with Crippen molar-refractivity contribution < 1.29 is 19.2 Å². The van der Waals surface area contributed by atoms with Gasteiger partial charge in [-0.3, -0.25) is 9.59 Å². The number of carbonyl (C=O) groups is 2. The lowest BCUT2D eigenvalue weighted by molar-refractivity contribution is -0.141. The van der Waals surface area contributed by atoms with Gasteiger partial charge in [0.05, 0.1) is 10.9 Å². The SMILES string of the molecule is Cc1onc(-c2ccccc2Cl)c1C(=O)N(C)C[C@H](C)C(=O)O. The molecule has 0 aliphatic heterocycles. The van der Waals surface area contributed by atoms with E-state index in [0.29, 0.717) is 22.0 Å². The number of rotatable bonds is 5. The van der Waals surface area contributed by atoms with Crippen LogP contribution in [-0.2, 0) is 4.79 Å². The number of carboxylic acids is 1. The van der Waals surface area contributed by atoms with Gasteiger partial charge in [0.15, 0.2) is 0 Å². The summed E-state index contributed by atoms with van der Waals surface area (Å²) in [7, 11) is 1.55. The van der Waals surface area contributed by atoms with E-state index in [0.717, 1.165) is 0 Å². The van der Waals surface area contributed by atoms with Gasteiger partial charge in [0.1, 0.15) is 17.0 Å². The van der Waals surface area contributed by atoms with E-state index < -0.39 is 11.9 Å². The van der Waals surface area contributed by atoms with E-state index in [1.165, 1.54) is 4.90 Å². The molecule has 1 aromatic carbocycles. The number of aliphatic carboxylic acids is 1. The monoisotopic (exact) mass is 336 g/mol. The van der Waals surface area contributed by atoms with Crippen molar-refractivity contribution in [1.82, 2.24) is 10.1 Å². The summed E-state index contributed by atoms with van der Waals surface area (Å²) < 4.78 is 5.16. The van der Waals surface area contributed by atoms with Gasteiger partial charge in [0.2, 0.25) is 0 Å². The zero-order chi connectivity index (χ0) is 17.1. The van der Waals surface area contributed by atoms with Crippen molar-refractivity contribution in [3.63, 3.8) is 0 Å². The van der Waals surface area contributed by atoms with Crippen LogP contribution in [0, 0.1) is 12.8 Å². The molecular weight excluding hydrogens is 320 g/mol. The van der Waals surface area contributed by atoms with Gasteiger partial charge in [0.25, 0.3) is 5.91 Å². The lowest BCUT2D eigenvalue weighted by Gasteiger charge is -2.19. The summed E-state index contributed by atoms with van der Waals surface area (Å²) in [5.41, 5.74) is 1.24. The first kappa shape index (κ1) is 17.0. The molecule has 6 nitrogen and oxygen atoms in total. The maximum atomic E-state index is 12.7. The first-order valence-corrected chi connectivity index (χ1v) is 7.40. The van der Waals surface area contributed by atoms with Crippen LogP contribution in [0.5, 0.6) is 0 Å². The Balaban J connectivity index is 2.37. The number of benzene rings is 1. The highest BCUT2D eigenvalue weighted by molar-refractivity contribution is 6.33. The van der Waals surface area contributed by atoms with E-state index in [-0.39, 0.29) is 18.0 Å². The highest BCUT2D eigenvalue weighted by atomic mass is 35.5. The third kappa shape index (κ3) is 3.53. The number of amides is 1. The van der Waals surface area contributed by atoms with Crippen LogP contribution >= 0.6 is 11.6 Å². The largest absolute Gasteiger partial charge is 0.481 e. The number of hydrogen-bond acceptors (Lipinski definition) is 4. The van der Waals surface area contributed by atoms with E-state index in [2.05, 4.69) is 5.16 Å². The Hall–Kier alpha value is -2.34. The molecule has 0 saturated carbocycles. The topological polar surface area (TPSA) is 83.6 Å². The minimum Gasteiger partial charge on any atom is -0.481 e. The van der Waals surface area contributed by atoms with E-state index in [4.69, 9.17) is 21.2 Å². The fourth-order valence-corrected chi connectivity index (χ4v) is 2.45. The van der Waals surface area contributed by atoms with Gasteiger partial charge >= 0.3 is 5.97 Å².